The molecular formula is C25H37ClNPPd+. The molecule has 0 aromatic heterocycles. The van der Waals surface area contributed by atoms with Gasteiger partial charge in [-0.05, 0) is 53.1 Å². The predicted molar refractivity (Wildman–Crippen MR) is 132 cm³/mol. The summed E-state index contributed by atoms with van der Waals surface area (Å²) in [6, 6.07) is 19.2. The van der Waals surface area contributed by atoms with Gasteiger partial charge in [0.2, 0.25) is 0 Å². The van der Waals surface area contributed by atoms with Crippen molar-refractivity contribution in [2.24, 2.45) is 0 Å². The number of rotatable bonds is 4. The Balaban J connectivity index is 0.000000595. The van der Waals surface area contributed by atoms with E-state index in [0.717, 1.165) is 0 Å². The van der Waals surface area contributed by atoms with Gasteiger partial charge in [0.25, 0.3) is 0 Å². The predicted octanol–water partition coefficient (Wildman–Crippen LogP) is 7.42. The number of nitrogens with zero attached hydrogens (tertiary/aromatic N) is 1. The zero-order valence-electron chi connectivity index (χ0n) is 19.1. The molecule has 0 N–H and O–H groups in total. The van der Waals surface area contributed by atoms with E-state index in [1.54, 1.807) is 6.42 Å². The molecule has 0 saturated heterocycles. The SMILES string of the molecule is CN(C)c1ccc(P(C(C)(C)C)C(C)(C)C)cc1.[CH2][CH][CH]c1ccccc1.[Cl][Pd+]. The molecule has 0 heterocycles. The van der Waals surface area contributed by atoms with Crippen molar-refractivity contribution in [2.75, 3.05) is 19.0 Å². The molecule has 0 amide bonds. The van der Waals surface area contributed by atoms with Gasteiger partial charge in [-0.3, -0.25) is 0 Å². The standard InChI is InChI=1S/C16H28NP.C9H9.ClH.Pd/c1-15(2,3)18(16(4,5)6)14-11-9-13(10-12-14)17(7)8;1-2-6-9-7-4-3-5-8-9;;/h9-12H,1-8H3;2-8H,1H2;1H;/q;;;+2/p-1. The van der Waals surface area contributed by atoms with E-state index >= 15 is 0 Å². The van der Waals surface area contributed by atoms with Crippen LogP contribution in [0.3, 0.4) is 0 Å². The van der Waals surface area contributed by atoms with Crippen LogP contribution in [0.5, 0.6) is 0 Å². The van der Waals surface area contributed by atoms with Gasteiger partial charge in [0.05, 0.1) is 0 Å². The Bertz CT molecular complexity index is 644. The molecule has 163 valence electrons. The fourth-order valence-electron chi connectivity index (χ4n) is 3.38. The molecule has 0 bridgehead atoms. The van der Waals surface area contributed by atoms with Crippen molar-refractivity contribution in [1.29, 1.82) is 0 Å². The van der Waals surface area contributed by atoms with Crippen molar-refractivity contribution in [3.05, 3.63) is 79.9 Å². The average molecular weight is 524 g/mol. The minimum absolute atomic E-state index is 0.188. The first-order valence-corrected chi connectivity index (χ1v) is 13.0. The van der Waals surface area contributed by atoms with Gasteiger partial charge in [-0.2, -0.15) is 0 Å². The molecular weight excluding hydrogens is 487 g/mol. The first-order chi connectivity index (χ1) is 13.5. The van der Waals surface area contributed by atoms with Gasteiger partial charge in [0.1, 0.15) is 0 Å². The van der Waals surface area contributed by atoms with Crippen LogP contribution in [0.2, 0.25) is 0 Å². The van der Waals surface area contributed by atoms with E-state index in [9.17, 15) is 0 Å². The van der Waals surface area contributed by atoms with Gasteiger partial charge in [-0.1, -0.05) is 91.9 Å². The molecule has 2 aromatic carbocycles. The Morgan fingerprint density at radius 2 is 1.28 bits per heavy atom. The van der Waals surface area contributed by atoms with Crippen LogP contribution in [0, 0.1) is 19.8 Å². The summed E-state index contributed by atoms with van der Waals surface area (Å²) in [5, 5.41) is 2.19. The Labute approximate surface area is 196 Å². The van der Waals surface area contributed by atoms with Crippen molar-refractivity contribution >= 4 is 28.4 Å². The van der Waals surface area contributed by atoms with E-state index in [-0.39, 0.29) is 7.92 Å². The Morgan fingerprint density at radius 3 is 1.62 bits per heavy atom. The summed E-state index contributed by atoms with van der Waals surface area (Å²) in [7, 11) is 8.48. The molecule has 0 spiro atoms. The van der Waals surface area contributed by atoms with Crippen molar-refractivity contribution in [1.82, 2.24) is 0 Å². The van der Waals surface area contributed by atoms with Crippen LogP contribution in [0.4, 0.5) is 5.69 Å². The number of benzene rings is 2. The molecule has 2 aromatic rings. The summed E-state index contributed by atoms with van der Waals surface area (Å²) in [6.07, 6.45) is 3.76. The number of halogens is 1. The fraction of sp³-hybridized carbons (Fsp3) is 0.400. The molecule has 0 fully saturated rings. The molecule has 1 nitrogen and oxygen atoms in total. The second kappa shape index (κ2) is 13.8. The second-order valence-electron chi connectivity index (χ2n) is 8.90. The molecule has 0 saturated carbocycles. The molecule has 29 heavy (non-hydrogen) atoms. The van der Waals surface area contributed by atoms with Crippen LogP contribution in [0.1, 0.15) is 47.1 Å². The molecule has 0 aliphatic heterocycles. The first-order valence-electron chi connectivity index (χ1n) is 9.67. The third-order valence-electron chi connectivity index (χ3n) is 4.08. The van der Waals surface area contributed by atoms with Gasteiger partial charge >= 0.3 is 27.7 Å². The van der Waals surface area contributed by atoms with Gasteiger partial charge in [0.15, 0.2) is 0 Å². The Morgan fingerprint density at radius 1 is 0.828 bits per heavy atom. The Kier molecular flexibility index (Phi) is 13.7. The van der Waals surface area contributed by atoms with Crippen LogP contribution in [0.15, 0.2) is 54.6 Å². The van der Waals surface area contributed by atoms with Crippen LogP contribution in [0.25, 0.3) is 0 Å². The van der Waals surface area contributed by atoms with E-state index in [1.807, 2.05) is 36.8 Å². The van der Waals surface area contributed by atoms with E-state index in [0.29, 0.717) is 10.3 Å². The molecule has 2 rings (SSSR count). The Hall–Kier alpha value is -0.378. The van der Waals surface area contributed by atoms with Gasteiger partial charge < -0.3 is 4.90 Å². The van der Waals surface area contributed by atoms with Crippen molar-refractivity contribution in [3.8, 4) is 0 Å². The molecule has 0 aliphatic carbocycles. The molecule has 4 heteroatoms. The maximum absolute atomic E-state index is 4.49. The van der Waals surface area contributed by atoms with E-state index < -0.39 is 0 Å². The molecule has 0 atom stereocenters. The molecule has 0 aliphatic rings. The van der Waals surface area contributed by atoms with Crippen molar-refractivity contribution < 1.29 is 18.2 Å². The topological polar surface area (TPSA) is 3.24 Å². The fourth-order valence-corrected chi connectivity index (χ4v) is 7.39. The summed E-state index contributed by atoms with van der Waals surface area (Å²) in [6.45, 7) is 17.8. The van der Waals surface area contributed by atoms with Gasteiger partial charge in [-0.25, -0.2) is 0 Å². The summed E-state index contributed by atoms with van der Waals surface area (Å²) in [5.74, 6) is 0. The zero-order chi connectivity index (χ0) is 22.7. The summed E-state index contributed by atoms with van der Waals surface area (Å²) < 4.78 is 0. The van der Waals surface area contributed by atoms with Crippen LogP contribution >= 0.6 is 17.5 Å². The van der Waals surface area contributed by atoms with E-state index in [4.69, 9.17) is 0 Å². The van der Waals surface area contributed by atoms with Crippen LogP contribution in [-0.4, -0.2) is 24.4 Å². The quantitative estimate of drug-likeness (QED) is 0.297. The van der Waals surface area contributed by atoms with Gasteiger partial charge in [0, 0.05) is 19.8 Å². The van der Waals surface area contributed by atoms with E-state index in [1.165, 1.54) is 16.6 Å². The van der Waals surface area contributed by atoms with Crippen LogP contribution < -0.4 is 10.2 Å². The summed E-state index contributed by atoms with van der Waals surface area (Å²) in [5.41, 5.74) is 2.48. The summed E-state index contributed by atoms with van der Waals surface area (Å²) >= 11 is 2.22. The minimum atomic E-state index is -0.188. The maximum atomic E-state index is 4.49. The zero-order valence-corrected chi connectivity index (χ0v) is 22.4. The molecule has 0 unspecified atom stereocenters. The van der Waals surface area contributed by atoms with Crippen molar-refractivity contribution in [3.63, 3.8) is 0 Å². The van der Waals surface area contributed by atoms with Gasteiger partial charge in [-0.15, -0.1) is 0 Å². The second-order valence-corrected chi connectivity index (χ2v) is 12.8. The number of hydrogen-bond donors (Lipinski definition) is 0. The monoisotopic (exact) mass is 523 g/mol. The van der Waals surface area contributed by atoms with Crippen molar-refractivity contribution in [2.45, 2.75) is 51.9 Å². The summed E-state index contributed by atoms with van der Waals surface area (Å²) in [4.78, 5) is 2.15. The van der Waals surface area contributed by atoms with Crippen LogP contribution in [-0.2, 0) is 18.2 Å². The average Bonchev–Trinajstić information content (AvgIpc) is 2.63. The number of anilines is 1. The normalized spacial score (nSPS) is 11.2. The number of hydrogen-bond acceptors (Lipinski definition) is 1. The van der Waals surface area contributed by atoms with E-state index in [2.05, 4.69) is 119 Å². The third kappa shape index (κ3) is 11.0. The third-order valence-corrected chi connectivity index (χ3v) is 7.57. The first kappa shape index (κ1) is 28.6. The molecule has 3 radical (unpaired) electrons.